The van der Waals surface area contributed by atoms with Gasteiger partial charge in [0.15, 0.2) is 0 Å². The maximum absolute atomic E-state index is 6.42. The Morgan fingerprint density at radius 3 is 1.92 bits per heavy atom. The van der Waals surface area contributed by atoms with Gasteiger partial charge in [-0.1, -0.05) is 115 Å². The molecule has 2 heterocycles. The first-order valence-electron chi connectivity index (χ1n) is 16.6. The molecule has 10 rings (SSSR count). The molecule has 0 N–H and O–H groups in total. The average molecular weight is 644 g/mol. The average Bonchev–Trinajstić information content (AvgIpc) is 3.73. The van der Waals surface area contributed by atoms with E-state index >= 15 is 0 Å². The van der Waals surface area contributed by atoms with Crippen molar-refractivity contribution in [1.29, 1.82) is 0 Å². The standard InChI is InChI=1S/C46H29NOS/c1-2-10-30(11-3-1)31-18-22-34(23-19-31)47(35-24-27-45-40(29-35)39-15-7-9-17-44(39)49-45)41-26-21-32-12-4-5-13-36(32)46(41)33-20-25-38-37-14-6-8-16-42(37)48-43(38)28-33/h1-29H. The van der Waals surface area contributed by atoms with Crippen LogP contribution in [0.4, 0.5) is 17.1 Å². The highest BCUT2D eigenvalue weighted by molar-refractivity contribution is 7.25. The lowest BCUT2D eigenvalue weighted by atomic mass is 9.94. The number of nitrogens with zero attached hydrogens (tertiary/aromatic N) is 1. The maximum Gasteiger partial charge on any atom is 0.136 e. The van der Waals surface area contributed by atoms with E-state index in [1.165, 1.54) is 47.6 Å². The van der Waals surface area contributed by atoms with Gasteiger partial charge in [0.1, 0.15) is 11.2 Å². The van der Waals surface area contributed by atoms with Gasteiger partial charge >= 0.3 is 0 Å². The number of para-hydroxylation sites is 1. The van der Waals surface area contributed by atoms with Crippen LogP contribution in [0.5, 0.6) is 0 Å². The van der Waals surface area contributed by atoms with Crippen LogP contribution in [-0.2, 0) is 0 Å². The van der Waals surface area contributed by atoms with Gasteiger partial charge in [0.25, 0.3) is 0 Å². The van der Waals surface area contributed by atoms with E-state index in [1.807, 2.05) is 23.5 Å². The van der Waals surface area contributed by atoms with Crippen LogP contribution in [-0.4, -0.2) is 0 Å². The van der Waals surface area contributed by atoms with E-state index in [0.717, 1.165) is 44.6 Å². The van der Waals surface area contributed by atoms with Crippen LogP contribution in [0, 0.1) is 0 Å². The Kier molecular flexibility index (Phi) is 6.39. The Hall–Kier alpha value is -6.16. The number of anilines is 3. The number of rotatable bonds is 5. The number of fused-ring (bicyclic) bond motifs is 7. The van der Waals surface area contributed by atoms with Crippen LogP contribution >= 0.6 is 11.3 Å². The molecule has 2 nitrogen and oxygen atoms in total. The van der Waals surface area contributed by atoms with Crippen molar-refractivity contribution >= 4 is 81.3 Å². The molecule has 0 aliphatic carbocycles. The minimum Gasteiger partial charge on any atom is -0.456 e. The molecule has 0 saturated carbocycles. The third kappa shape index (κ3) is 4.62. The van der Waals surface area contributed by atoms with Crippen molar-refractivity contribution in [3.05, 3.63) is 176 Å². The summed E-state index contributed by atoms with van der Waals surface area (Å²) < 4.78 is 9.01. The summed E-state index contributed by atoms with van der Waals surface area (Å²) in [6.45, 7) is 0. The van der Waals surface area contributed by atoms with Crippen molar-refractivity contribution in [2.75, 3.05) is 4.90 Å². The Morgan fingerprint density at radius 1 is 0.388 bits per heavy atom. The van der Waals surface area contributed by atoms with E-state index in [9.17, 15) is 0 Å². The van der Waals surface area contributed by atoms with E-state index in [0.29, 0.717) is 0 Å². The van der Waals surface area contributed by atoms with Gasteiger partial charge in [0.05, 0.1) is 5.69 Å². The Balaban J connectivity index is 1.24. The van der Waals surface area contributed by atoms with E-state index in [1.54, 1.807) is 0 Å². The molecule has 0 aliphatic heterocycles. The molecule has 0 saturated heterocycles. The molecule has 0 spiro atoms. The molecule has 3 heteroatoms. The molecule has 0 bridgehead atoms. The molecule has 10 aromatic rings. The van der Waals surface area contributed by atoms with E-state index in [-0.39, 0.29) is 0 Å². The van der Waals surface area contributed by atoms with Crippen LogP contribution in [0.3, 0.4) is 0 Å². The molecule has 0 unspecified atom stereocenters. The molecule has 230 valence electrons. The fourth-order valence-electron chi connectivity index (χ4n) is 7.35. The van der Waals surface area contributed by atoms with Gasteiger partial charge in [-0.15, -0.1) is 11.3 Å². The molecule has 0 amide bonds. The molecular formula is C46H29NOS. The molecule has 0 fully saturated rings. The third-order valence-corrected chi connectivity index (χ3v) is 10.8. The van der Waals surface area contributed by atoms with Crippen LogP contribution in [0.15, 0.2) is 180 Å². The summed E-state index contributed by atoms with van der Waals surface area (Å²) in [4.78, 5) is 2.42. The zero-order valence-corrected chi connectivity index (χ0v) is 27.3. The summed E-state index contributed by atoms with van der Waals surface area (Å²) in [7, 11) is 0. The van der Waals surface area contributed by atoms with E-state index in [2.05, 4.69) is 169 Å². The zero-order chi connectivity index (χ0) is 32.3. The van der Waals surface area contributed by atoms with Gasteiger partial charge in [-0.25, -0.2) is 0 Å². The van der Waals surface area contributed by atoms with Crippen molar-refractivity contribution in [3.8, 4) is 22.3 Å². The smallest absolute Gasteiger partial charge is 0.136 e. The predicted molar refractivity (Wildman–Crippen MR) is 210 cm³/mol. The van der Waals surface area contributed by atoms with Crippen molar-refractivity contribution in [2.24, 2.45) is 0 Å². The van der Waals surface area contributed by atoms with Crippen molar-refractivity contribution in [2.45, 2.75) is 0 Å². The summed E-state index contributed by atoms with van der Waals surface area (Å²) in [6, 6.07) is 63.3. The van der Waals surface area contributed by atoms with E-state index < -0.39 is 0 Å². The Morgan fingerprint density at radius 2 is 1.04 bits per heavy atom. The number of thiophene rings is 1. The number of benzene rings is 8. The second-order valence-corrected chi connectivity index (χ2v) is 13.6. The van der Waals surface area contributed by atoms with Crippen LogP contribution < -0.4 is 4.90 Å². The van der Waals surface area contributed by atoms with Gasteiger partial charge in [0.2, 0.25) is 0 Å². The first-order valence-corrected chi connectivity index (χ1v) is 17.4. The van der Waals surface area contributed by atoms with Crippen LogP contribution in [0.1, 0.15) is 0 Å². The summed E-state index contributed by atoms with van der Waals surface area (Å²) in [5.74, 6) is 0. The van der Waals surface area contributed by atoms with Gasteiger partial charge in [-0.05, 0) is 88.1 Å². The topological polar surface area (TPSA) is 16.4 Å². The summed E-state index contributed by atoms with van der Waals surface area (Å²) in [6.07, 6.45) is 0. The normalized spacial score (nSPS) is 11.7. The first kappa shape index (κ1) is 27.9. The highest BCUT2D eigenvalue weighted by Crippen LogP contribution is 2.47. The monoisotopic (exact) mass is 643 g/mol. The Labute approximate surface area is 287 Å². The predicted octanol–water partition coefficient (Wildman–Crippen LogP) is 13.9. The Bertz CT molecular complexity index is 2830. The molecule has 8 aromatic carbocycles. The van der Waals surface area contributed by atoms with Crippen molar-refractivity contribution in [1.82, 2.24) is 0 Å². The van der Waals surface area contributed by atoms with Crippen LogP contribution in [0.25, 0.3) is 75.1 Å². The summed E-state index contributed by atoms with van der Waals surface area (Å²) >= 11 is 1.85. The summed E-state index contributed by atoms with van der Waals surface area (Å²) in [5.41, 5.74) is 9.81. The molecular weight excluding hydrogens is 615 g/mol. The molecule has 2 aromatic heterocycles. The molecule has 0 aliphatic rings. The molecule has 0 atom stereocenters. The lowest BCUT2D eigenvalue weighted by molar-refractivity contribution is 0.669. The number of hydrogen-bond donors (Lipinski definition) is 0. The fraction of sp³-hybridized carbons (Fsp3) is 0. The fourth-order valence-corrected chi connectivity index (χ4v) is 8.43. The highest BCUT2D eigenvalue weighted by Gasteiger charge is 2.21. The second-order valence-electron chi connectivity index (χ2n) is 12.5. The quantitative estimate of drug-likeness (QED) is 0.186. The second kappa shape index (κ2) is 11.2. The van der Waals surface area contributed by atoms with Crippen molar-refractivity contribution in [3.63, 3.8) is 0 Å². The minimum absolute atomic E-state index is 0.891. The van der Waals surface area contributed by atoms with Gasteiger partial charge < -0.3 is 9.32 Å². The SMILES string of the molecule is c1ccc(-c2ccc(N(c3ccc4sc5ccccc5c4c3)c3ccc4ccccc4c3-c3ccc4c(c3)oc3ccccc34)cc2)cc1. The van der Waals surface area contributed by atoms with E-state index in [4.69, 9.17) is 4.42 Å². The molecule has 49 heavy (non-hydrogen) atoms. The lowest BCUT2D eigenvalue weighted by Crippen LogP contribution is -2.11. The number of furan rings is 1. The van der Waals surface area contributed by atoms with Gasteiger partial charge in [-0.3, -0.25) is 0 Å². The first-order chi connectivity index (χ1) is 24.3. The van der Waals surface area contributed by atoms with Crippen molar-refractivity contribution < 1.29 is 4.42 Å². The van der Waals surface area contributed by atoms with Crippen LogP contribution in [0.2, 0.25) is 0 Å². The number of hydrogen-bond acceptors (Lipinski definition) is 3. The zero-order valence-electron chi connectivity index (χ0n) is 26.5. The largest absolute Gasteiger partial charge is 0.456 e. The highest BCUT2D eigenvalue weighted by atomic mass is 32.1. The summed E-state index contributed by atoms with van der Waals surface area (Å²) in [5, 5.41) is 7.23. The third-order valence-electron chi connectivity index (χ3n) is 9.67. The molecule has 0 radical (unpaired) electrons. The lowest BCUT2D eigenvalue weighted by Gasteiger charge is -2.29. The maximum atomic E-state index is 6.42. The van der Waals surface area contributed by atoms with Gasteiger partial charge in [-0.2, -0.15) is 0 Å². The van der Waals surface area contributed by atoms with Gasteiger partial charge in [0, 0.05) is 47.9 Å². The minimum atomic E-state index is 0.891.